The first-order valence-electron chi connectivity index (χ1n) is 6.17. The Morgan fingerprint density at radius 2 is 1.95 bits per heavy atom. The van der Waals surface area contributed by atoms with Crippen molar-refractivity contribution in [1.82, 2.24) is 0 Å². The summed E-state index contributed by atoms with van der Waals surface area (Å²) in [4.78, 5) is 0. The standard InChI is InChI=1S/C15H14ClFN2OS/c1-9-3-5-11(8-12(9)17)18-15(21)19-13-7-10(16)4-6-14(13)20-2/h3-8H,1-2H3,(H2,18,19,21). The van der Waals surface area contributed by atoms with Crippen LogP contribution in [0.5, 0.6) is 5.75 Å². The van der Waals surface area contributed by atoms with Gasteiger partial charge in [0.25, 0.3) is 0 Å². The Kier molecular flexibility index (Phi) is 4.98. The van der Waals surface area contributed by atoms with E-state index in [2.05, 4.69) is 10.6 Å². The summed E-state index contributed by atoms with van der Waals surface area (Å²) in [6.45, 7) is 1.70. The van der Waals surface area contributed by atoms with E-state index in [4.69, 9.17) is 28.6 Å². The molecule has 0 saturated carbocycles. The number of ether oxygens (including phenoxy) is 1. The molecule has 0 aliphatic rings. The van der Waals surface area contributed by atoms with Gasteiger partial charge in [-0.25, -0.2) is 4.39 Å². The highest BCUT2D eigenvalue weighted by Crippen LogP contribution is 2.27. The fraction of sp³-hybridized carbons (Fsp3) is 0.133. The fourth-order valence-electron chi connectivity index (χ4n) is 1.73. The largest absolute Gasteiger partial charge is 0.495 e. The van der Waals surface area contributed by atoms with Crippen LogP contribution in [0, 0.1) is 12.7 Å². The highest BCUT2D eigenvalue weighted by Gasteiger charge is 2.07. The van der Waals surface area contributed by atoms with Gasteiger partial charge in [-0.1, -0.05) is 17.7 Å². The predicted octanol–water partition coefficient (Wildman–Crippen LogP) is 4.61. The number of methoxy groups -OCH3 is 1. The minimum absolute atomic E-state index is 0.289. The zero-order valence-electron chi connectivity index (χ0n) is 11.5. The number of rotatable bonds is 3. The molecule has 3 nitrogen and oxygen atoms in total. The highest BCUT2D eigenvalue weighted by atomic mass is 35.5. The zero-order chi connectivity index (χ0) is 15.4. The van der Waals surface area contributed by atoms with Crippen molar-refractivity contribution in [1.29, 1.82) is 0 Å². The van der Waals surface area contributed by atoms with Crippen LogP contribution in [0.15, 0.2) is 36.4 Å². The topological polar surface area (TPSA) is 33.3 Å². The van der Waals surface area contributed by atoms with Crippen LogP contribution in [-0.2, 0) is 0 Å². The molecule has 2 aromatic rings. The summed E-state index contributed by atoms with van der Waals surface area (Å²) in [6.07, 6.45) is 0. The molecule has 0 saturated heterocycles. The van der Waals surface area contributed by atoms with Gasteiger partial charge in [-0.15, -0.1) is 0 Å². The van der Waals surface area contributed by atoms with E-state index in [9.17, 15) is 4.39 Å². The van der Waals surface area contributed by atoms with Crippen LogP contribution in [-0.4, -0.2) is 12.2 Å². The van der Waals surface area contributed by atoms with Gasteiger partial charge in [-0.3, -0.25) is 0 Å². The van der Waals surface area contributed by atoms with Gasteiger partial charge in [0.1, 0.15) is 11.6 Å². The molecular weight excluding hydrogens is 311 g/mol. The van der Waals surface area contributed by atoms with Crippen LogP contribution in [0.25, 0.3) is 0 Å². The van der Waals surface area contributed by atoms with Gasteiger partial charge in [-0.05, 0) is 55.0 Å². The lowest BCUT2D eigenvalue weighted by Crippen LogP contribution is -2.19. The average Bonchev–Trinajstić information content (AvgIpc) is 2.43. The Balaban J connectivity index is 2.11. The molecule has 110 valence electrons. The molecule has 0 aromatic heterocycles. The minimum Gasteiger partial charge on any atom is -0.495 e. The number of anilines is 2. The van der Waals surface area contributed by atoms with Gasteiger partial charge in [0.05, 0.1) is 12.8 Å². The Morgan fingerprint density at radius 3 is 2.62 bits per heavy atom. The third kappa shape index (κ3) is 4.06. The van der Waals surface area contributed by atoms with E-state index in [1.807, 2.05) is 0 Å². The molecule has 0 spiro atoms. The Labute approximate surface area is 133 Å². The molecule has 0 radical (unpaired) electrons. The first-order valence-corrected chi connectivity index (χ1v) is 6.96. The summed E-state index contributed by atoms with van der Waals surface area (Å²) in [5.41, 5.74) is 1.78. The third-order valence-corrected chi connectivity index (χ3v) is 3.28. The van der Waals surface area contributed by atoms with Crippen molar-refractivity contribution in [2.75, 3.05) is 17.7 Å². The normalized spacial score (nSPS) is 10.1. The van der Waals surface area contributed by atoms with E-state index in [-0.39, 0.29) is 5.82 Å². The van der Waals surface area contributed by atoms with Crippen LogP contribution in [0.3, 0.4) is 0 Å². The van der Waals surface area contributed by atoms with E-state index in [1.54, 1.807) is 44.4 Å². The van der Waals surface area contributed by atoms with Gasteiger partial charge in [0, 0.05) is 10.7 Å². The van der Waals surface area contributed by atoms with Crippen LogP contribution >= 0.6 is 23.8 Å². The SMILES string of the molecule is COc1ccc(Cl)cc1NC(=S)Nc1ccc(C)c(F)c1. The first-order chi connectivity index (χ1) is 9.99. The molecule has 2 rings (SSSR count). The maximum Gasteiger partial charge on any atom is 0.175 e. The Bertz CT molecular complexity index is 679. The second-order valence-electron chi connectivity index (χ2n) is 4.39. The van der Waals surface area contributed by atoms with Crippen LogP contribution in [0.1, 0.15) is 5.56 Å². The van der Waals surface area contributed by atoms with E-state index in [0.717, 1.165) is 0 Å². The lowest BCUT2D eigenvalue weighted by molar-refractivity contribution is 0.417. The van der Waals surface area contributed by atoms with Crippen molar-refractivity contribution in [2.45, 2.75) is 6.92 Å². The number of hydrogen-bond acceptors (Lipinski definition) is 2. The second-order valence-corrected chi connectivity index (χ2v) is 5.23. The second kappa shape index (κ2) is 6.74. The molecule has 0 amide bonds. The fourth-order valence-corrected chi connectivity index (χ4v) is 2.13. The van der Waals surface area contributed by atoms with E-state index >= 15 is 0 Å². The zero-order valence-corrected chi connectivity index (χ0v) is 13.1. The summed E-state index contributed by atoms with van der Waals surface area (Å²) in [7, 11) is 1.56. The maximum atomic E-state index is 13.5. The Hall–Kier alpha value is -1.85. The maximum absolute atomic E-state index is 13.5. The summed E-state index contributed by atoms with van der Waals surface area (Å²) < 4.78 is 18.7. The molecule has 0 heterocycles. The average molecular weight is 325 g/mol. The summed E-state index contributed by atoms with van der Waals surface area (Å²) >= 11 is 11.1. The monoisotopic (exact) mass is 324 g/mol. The number of nitrogens with one attached hydrogen (secondary N) is 2. The molecule has 0 aliphatic carbocycles. The minimum atomic E-state index is -0.289. The van der Waals surface area contributed by atoms with Crippen LogP contribution in [0.4, 0.5) is 15.8 Å². The Morgan fingerprint density at radius 1 is 1.19 bits per heavy atom. The first kappa shape index (κ1) is 15.5. The molecule has 21 heavy (non-hydrogen) atoms. The predicted molar refractivity (Wildman–Crippen MR) is 89.0 cm³/mol. The van der Waals surface area contributed by atoms with Gasteiger partial charge in [0.2, 0.25) is 0 Å². The number of halogens is 2. The van der Waals surface area contributed by atoms with E-state index < -0.39 is 0 Å². The number of benzene rings is 2. The number of hydrogen-bond donors (Lipinski definition) is 2. The van der Waals surface area contributed by atoms with Gasteiger partial charge in [-0.2, -0.15) is 0 Å². The number of thiocarbonyl (C=S) groups is 1. The van der Waals surface area contributed by atoms with Crippen molar-refractivity contribution >= 4 is 40.3 Å². The van der Waals surface area contributed by atoms with Crippen LogP contribution < -0.4 is 15.4 Å². The quantitative estimate of drug-likeness (QED) is 0.808. The molecule has 0 atom stereocenters. The highest BCUT2D eigenvalue weighted by molar-refractivity contribution is 7.80. The van der Waals surface area contributed by atoms with Crippen molar-refractivity contribution in [3.05, 3.63) is 52.8 Å². The van der Waals surface area contributed by atoms with Gasteiger partial charge in [0.15, 0.2) is 5.11 Å². The molecule has 6 heteroatoms. The van der Waals surface area contributed by atoms with Gasteiger partial charge >= 0.3 is 0 Å². The summed E-state index contributed by atoms with van der Waals surface area (Å²) in [5, 5.41) is 6.76. The van der Waals surface area contributed by atoms with E-state index in [0.29, 0.717) is 32.8 Å². The molecule has 0 unspecified atom stereocenters. The third-order valence-electron chi connectivity index (χ3n) is 2.84. The van der Waals surface area contributed by atoms with Crippen molar-refractivity contribution in [3.8, 4) is 5.75 Å². The van der Waals surface area contributed by atoms with E-state index in [1.165, 1.54) is 6.07 Å². The molecule has 0 aliphatic heterocycles. The summed E-state index contributed by atoms with van der Waals surface area (Å²) in [6, 6.07) is 9.97. The molecular formula is C15H14ClFN2OS. The lowest BCUT2D eigenvalue weighted by Gasteiger charge is -2.14. The van der Waals surface area contributed by atoms with Crippen LogP contribution in [0.2, 0.25) is 5.02 Å². The summed E-state index contributed by atoms with van der Waals surface area (Å²) in [5.74, 6) is 0.321. The molecule has 2 N–H and O–H groups in total. The van der Waals surface area contributed by atoms with Crippen molar-refractivity contribution in [2.24, 2.45) is 0 Å². The lowest BCUT2D eigenvalue weighted by atomic mass is 10.2. The molecule has 0 fully saturated rings. The molecule has 0 bridgehead atoms. The van der Waals surface area contributed by atoms with Crippen molar-refractivity contribution < 1.29 is 9.13 Å². The molecule has 2 aromatic carbocycles. The van der Waals surface area contributed by atoms with Crippen molar-refractivity contribution in [3.63, 3.8) is 0 Å². The van der Waals surface area contributed by atoms with Gasteiger partial charge < -0.3 is 15.4 Å². The number of aryl methyl sites for hydroxylation is 1. The smallest absolute Gasteiger partial charge is 0.175 e.